The Morgan fingerprint density at radius 1 is 1.07 bits per heavy atom. The number of rotatable bonds is 5. The maximum atomic E-state index is 13.0. The predicted octanol–water partition coefficient (Wildman–Crippen LogP) is 3.62. The summed E-state index contributed by atoms with van der Waals surface area (Å²) in [6.07, 6.45) is -4.78. The molecule has 3 N–H and O–H groups in total. The minimum atomic E-state index is -4.78. The Morgan fingerprint density at radius 3 is 2.29 bits per heavy atom. The lowest BCUT2D eigenvalue weighted by molar-refractivity contribution is -0.146. The van der Waals surface area contributed by atoms with E-state index in [1.807, 2.05) is 0 Å². The van der Waals surface area contributed by atoms with Gasteiger partial charge in [0, 0.05) is 5.69 Å². The summed E-state index contributed by atoms with van der Waals surface area (Å²) in [5.74, 6) is 3.08. The maximum Gasteiger partial charge on any atom is 0.453 e. The van der Waals surface area contributed by atoms with Crippen molar-refractivity contribution in [1.82, 2.24) is 14.9 Å². The highest BCUT2D eigenvalue weighted by molar-refractivity contribution is 8.00. The zero-order chi connectivity index (χ0) is 20.3. The zero-order valence-corrected chi connectivity index (χ0v) is 14.8. The molecule has 0 aliphatic heterocycles. The maximum absolute atomic E-state index is 13.0. The van der Waals surface area contributed by atoms with Crippen LogP contribution in [0.4, 0.5) is 23.2 Å². The molecule has 0 fully saturated rings. The highest BCUT2D eigenvalue weighted by Crippen LogP contribution is 2.37. The van der Waals surface area contributed by atoms with Crippen LogP contribution in [0.25, 0.3) is 0 Å². The number of carbonyl (C=O) groups excluding carboxylic acids is 1. The van der Waals surface area contributed by atoms with Gasteiger partial charge in [-0.05, 0) is 29.8 Å². The Labute approximate surface area is 160 Å². The van der Waals surface area contributed by atoms with Crippen molar-refractivity contribution in [2.45, 2.75) is 16.6 Å². The number of anilines is 1. The molecule has 1 atom stereocenters. The molecule has 0 saturated carbocycles. The molecule has 0 saturated heterocycles. The van der Waals surface area contributed by atoms with Gasteiger partial charge in [-0.15, -0.1) is 10.2 Å². The van der Waals surface area contributed by atoms with Gasteiger partial charge in [0.05, 0.1) is 0 Å². The lowest BCUT2D eigenvalue weighted by Crippen LogP contribution is -2.23. The molecule has 1 aromatic heterocycles. The number of alkyl halides is 3. The lowest BCUT2D eigenvalue weighted by Gasteiger charge is -2.16. The molecular weight excluding hydrogens is 398 g/mol. The van der Waals surface area contributed by atoms with Crippen molar-refractivity contribution in [3.05, 3.63) is 71.8 Å². The minimum absolute atomic E-state index is 0.282. The Kier molecular flexibility index (Phi) is 5.54. The van der Waals surface area contributed by atoms with E-state index in [9.17, 15) is 22.4 Å². The van der Waals surface area contributed by atoms with Crippen molar-refractivity contribution in [3.8, 4) is 0 Å². The van der Waals surface area contributed by atoms with Crippen molar-refractivity contribution in [2.75, 3.05) is 11.2 Å². The third-order valence-electron chi connectivity index (χ3n) is 3.59. The van der Waals surface area contributed by atoms with Crippen LogP contribution in [0.1, 0.15) is 16.6 Å². The molecule has 3 aromatic rings. The number of halogens is 4. The first-order valence-electron chi connectivity index (χ1n) is 7.81. The number of thioether (sulfide) groups is 1. The summed E-state index contributed by atoms with van der Waals surface area (Å²) in [4.78, 5) is 12.8. The first kappa shape index (κ1) is 19.7. The van der Waals surface area contributed by atoms with E-state index in [-0.39, 0.29) is 5.16 Å². The van der Waals surface area contributed by atoms with E-state index in [4.69, 9.17) is 5.84 Å². The van der Waals surface area contributed by atoms with Crippen molar-refractivity contribution >= 4 is 23.4 Å². The monoisotopic (exact) mass is 411 g/mol. The van der Waals surface area contributed by atoms with Gasteiger partial charge in [0.25, 0.3) is 5.82 Å². The second-order valence-electron chi connectivity index (χ2n) is 5.58. The van der Waals surface area contributed by atoms with Crippen LogP contribution in [-0.4, -0.2) is 20.8 Å². The Bertz CT molecular complexity index is 960. The number of aromatic nitrogens is 3. The van der Waals surface area contributed by atoms with E-state index >= 15 is 0 Å². The van der Waals surface area contributed by atoms with E-state index in [1.165, 1.54) is 24.3 Å². The molecular formula is C17H13F4N5OS. The van der Waals surface area contributed by atoms with Gasteiger partial charge in [0.1, 0.15) is 11.1 Å². The van der Waals surface area contributed by atoms with Crippen LogP contribution < -0.4 is 11.2 Å². The Morgan fingerprint density at radius 2 is 1.71 bits per heavy atom. The highest BCUT2D eigenvalue weighted by Gasteiger charge is 2.39. The average molecular weight is 411 g/mol. The normalized spacial score (nSPS) is 12.6. The number of hydrogen-bond acceptors (Lipinski definition) is 5. The summed E-state index contributed by atoms with van der Waals surface area (Å²) in [6, 6.07) is 13.5. The van der Waals surface area contributed by atoms with Gasteiger partial charge in [0.2, 0.25) is 11.1 Å². The van der Waals surface area contributed by atoms with Crippen LogP contribution in [-0.2, 0) is 11.0 Å². The number of nitrogens with one attached hydrogen (secondary N) is 1. The molecule has 146 valence electrons. The molecule has 0 unspecified atom stereocenters. The molecule has 11 heteroatoms. The second kappa shape index (κ2) is 7.89. The Hall–Kier alpha value is -3.08. The molecule has 1 heterocycles. The van der Waals surface area contributed by atoms with Crippen LogP contribution in [0.5, 0.6) is 0 Å². The smallest absolute Gasteiger partial charge is 0.335 e. The fourth-order valence-electron chi connectivity index (χ4n) is 2.30. The number of nitrogen functional groups attached to an aromatic ring is 1. The van der Waals surface area contributed by atoms with Gasteiger partial charge in [0.15, 0.2) is 0 Å². The molecule has 1 amide bonds. The third kappa shape index (κ3) is 4.42. The summed E-state index contributed by atoms with van der Waals surface area (Å²) in [7, 11) is 0. The quantitative estimate of drug-likeness (QED) is 0.381. The van der Waals surface area contributed by atoms with Crippen LogP contribution in [0.15, 0.2) is 59.8 Å². The number of hydrogen-bond donors (Lipinski definition) is 2. The second-order valence-corrected chi connectivity index (χ2v) is 6.65. The highest BCUT2D eigenvalue weighted by atomic mass is 32.2. The fraction of sp³-hybridized carbons (Fsp3) is 0.118. The topological polar surface area (TPSA) is 85.8 Å². The summed E-state index contributed by atoms with van der Waals surface area (Å²) >= 11 is 0.714. The first-order valence-corrected chi connectivity index (χ1v) is 8.69. The number of carbonyl (C=O) groups is 1. The van der Waals surface area contributed by atoms with Crippen LogP contribution in [0.3, 0.4) is 0 Å². The largest absolute Gasteiger partial charge is 0.453 e. The van der Waals surface area contributed by atoms with E-state index in [1.54, 1.807) is 30.3 Å². The van der Waals surface area contributed by atoms with Gasteiger partial charge in [-0.2, -0.15) is 13.2 Å². The van der Waals surface area contributed by atoms with Gasteiger partial charge in [-0.1, -0.05) is 42.1 Å². The number of benzene rings is 2. The lowest BCUT2D eigenvalue weighted by atomic mass is 10.1. The van der Waals surface area contributed by atoms with Crippen molar-refractivity contribution in [1.29, 1.82) is 0 Å². The number of amides is 1. The van der Waals surface area contributed by atoms with E-state index in [0.29, 0.717) is 27.7 Å². The molecule has 0 aliphatic carbocycles. The zero-order valence-electron chi connectivity index (χ0n) is 14.0. The summed E-state index contributed by atoms with van der Waals surface area (Å²) in [5, 5.41) is 7.85. The van der Waals surface area contributed by atoms with Gasteiger partial charge >= 0.3 is 6.18 Å². The molecule has 0 spiro atoms. The van der Waals surface area contributed by atoms with Crippen molar-refractivity contribution in [3.63, 3.8) is 0 Å². The average Bonchev–Trinajstić information content (AvgIpc) is 3.03. The van der Waals surface area contributed by atoms with Gasteiger partial charge in [-0.25, -0.2) is 9.07 Å². The summed E-state index contributed by atoms with van der Waals surface area (Å²) in [6.45, 7) is 0. The van der Waals surface area contributed by atoms with Crippen molar-refractivity contribution < 1.29 is 22.4 Å². The molecule has 3 rings (SSSR count). The molecule has 6 nitrogen and oxygen atoms in total. The number of nitrogens with two attached hydrogens (primary N) is 1. The SMILES string of the molecule is Nn1c(S[C@H](C(=O)Nc2ccc(F)cc2)c2ccccc2)nnc1C(F)(F)F. The van der Waals surface area contributed by atoms with E-state index in [2.05, 4.69) is 15.5 Å². The van der Waals surface area contributed by atoms with Gasteiger partial charge < -0.3 is 11.2 Å². The van der Waals surface area contributed by atoms with Crippen LogP contribution in [0.2, 0.25) is 0 Å². The fourth-order valence-corrected chi connectivity index (χ4v) is 3.26. The molecule has 0 aliphatic rings. The van der Waals surface area contributed by atoms with Crippen molar-refractivity contribution in [2.24, 2.45) is 0 Å². The molecule has 2 aromatic carbocycles. The summed E-state index contributed by atoms with van der Waals surface area (Å²) in [5.41, 5.74) is 0.849. The van der Waals surface area contributed by atoms with Gasteiger partial charge in [-0.3, -0.25) is 4.79 Å². The molecule has 0 radical (unpaired) electrons. The predicted molar refractivity (Wildman–Crippen MR) is 95.2 cm³/mol. The Balaban J connectivity index is 1.89. The summed E-state index contributed by atoms with van der Waals surface area (Å²) < 4.78 is 52.0. The third-order valence-corrected chi connectivity index (χ3v) is 4.80. The minimum Gasteiger partial charge on any atom is -0.335 e. The molecule has 0 bridgehead atoms. The number of nitrogens with zero attached hydrogens (tertiary/aromatic N) is 3. The molecule has 28 heavy (non-hydrogen) atoms. The van der Waals surface area contributed by atoms with Crippen LogP contribution in [0, 0.1) is 5.82 Å². The first-order chi connectivity index (χ1) is 13.3. The van der Waals surface area contributed by atoms with E-state index in [0.717, 1.165) is 0 Å². The van der Waals surface area contributed by atoms with Crippen LogP contribution >= 0.6 is 11.8 Å². The van der Waals surface area contributed by atoms with E-state index < -0.39 is 29.0 Å². The standard InChI is InChI=1S/C17H13F4N5OS/c18-11-6-8-12(9-7-11)23-14(27)13(10-4-2-1-3-5-10)28-16-25-24-15(26(16)22)17(19,20)21/h1-9,13H,22H2,(H,23,27)/t13-/m0/s1.